The van der Waals surface area contributed by atoms with Gasteiger partial charge in [-0.15, -0.1) is 0 Å². The number of carbonyl (C=O) groups is 1. The summed E-state index contributed by atoms with van der Waals surface area (Å²) in [6, 6.07) is 5.48. The first-order valence-electron chi connectivity index (χ1n) is 5.10. The van der Waals surface area contributed by atoms with Crippen molar-refractivity contribution in [3.05, 3.63) is 18.2 Å². The fourth-order valence-electron chi connectivity index (χ4n) is 1.33. The van der Waals surface area contributed by atoms with Gasteiger partial charge in [0.05, 0.1) is 7.11 Å². The van der Waals surface area contributed by atoms with Crippen LogP contribution in [0.4, 0.5) is 11.6 Å². The van der Waals surface area contributed by atoms with Crippen LogP contribution in [0.5, 0.6) is 0 Å². The normalized spacial score (nSPS) is 10.2. The van der Waals surface area contributed by atoms with Gasteiger partial charge in [0.1, 0.15) is 18.2 Å². The van der Waals surface area contributed by atoms with Crippen LogP contribution in [0.25, 0.3) is 0 Å². The number of hydrogen-bond donors (Lipinski definition) is 1. The molecule has 1 aromatic heterocycles. The van der Waals surface area contributed by atoms with Gasteiger partial charge in [-0.05, 0) is 26.0 Å². The van der Waals surface area contributed by atoms with Gasteiger partial charge in [0.25, 0.3) is 0 Å². The zero-order chi connectivity index (χ0) is 12.1. The van der Waals surface area contributed by atoms with E-state index in [-0.39, 0.29) is 18.6 Å². The maximum Gasteiger partial charge on any atom is 0.325 e. The summed E-state index contributed by atoms with van der Waals surface area (Å²) in [5.41, 5.74) is 5.61. The van der Waals surface area contributed by atoms with E-state index in [2.05, 4.69) is 9.72 Å². The number of anilines is 2. The predicted octanol–water partition coefficient (Wildman–Crippen LogP) is 1.05. The number of rotatable bonds is 4. The molecule has 1 aromatic rings. The predicted molar refractivity (Wildman–Crippen MR) is 63.1 cm³/mol. The van der Waals surface area contributed by atoms with Gasteiger partial charge in [0.15, 0.2) is 0 Å². The van der Waals surface area contributed by atoms with Gasteiger partial charge in [-0.2, -0.15) is 0 Å². The van der Waals surface area contributed by atoms with E-state index in [0.29, 0.717) is 11.6 Å². The lowest BCUT2D eigenvalue weighted by atomic mass is 10.3. The van der Waals surface area contributed by atoms with Crippen molar-refractivity contribution in [1.29, 1.82) is 0 Å². The van der Waals surface area contributed by atoms with Crippen molar-refractivity contribution >= 4 is 17.6 Å². The first kappa shape index (κ1) is 12.3. The number of ether oxygens (including phenoxy) is 1. The number of pyridine rings is 1. The number of aromatic nitrogens is 1. The Balaban J connectivity index is 2.89. The maximum absolute atomic E-state index is 11.3. The molecule has 0 aromatic carbocycles. The van der Waals surface area contributed by atoms with E-state index < -0.39 is 0 Å². The molecule has 88 valence electrons. The first-order chi connectivity index (χ1) is 7.54. The van der Waals surface area contributed by atoms with E-state index in [1.165, 1.54) is 7.11 Å². The van der Waals surface area contributed by atoms with Crippen LogP contribution in [0, 0.1) is 0 Å². The van der Waals surface area contributed by atoms with E-state index in [9.17, 15) is 4.79 Å². The summed E-state index contributed by atoms with van der Waals surface area (Å²) in [5, 5.41) is 0. The summed E-state index contributed by atoms with van der Waals surface area (Å²) in [4.78, 5) is 17.3. The standard InChI is InChI=1S/C11H17N3O2/c1-8(2)14(7-11(15)16-3)10-6-4-5-9(12)13-10/h4-6,8H,7H2,1-3H3,(H2,12,13). The van der Waals surface area contributed by atoms with Gasteiger partial charge in [-0.1, -0.05) is 6.07 Å². The number of methoxy groups -OCH3 is 1. The number of nitrogens with zero attached hydrogens (tertiary/aromatic N) is 2. The van der Waals surface area contributed by atoms with Gasteiger partial charge in [0, 0.05) is 6.04 Å². The Morgan fingerprint density at radius 3 is 2.75 bits per heavy atom. The summed E-state index contributed by atoms with van der Waals surface area (Å²) in [5.74, 6) is 0.825. The highest BCUT2D eigenvalue weighted by molar-refractivity contribution is 5.75. The Labute approximate surface area is 95.2 Å². The molecule has 16 heavy (non-hydrogen) atoms. The molecule has 2 N–H and O–H groups in total. The smallest absolute Gasteiger partial charge is 0.325 e. The summed E-state index contributed by atoms with van der Waals surface area (Å²) in [6.07, 6.45) is 0. The Morgan fingerprint density at radius 2 is 2.25 bits per heavy atom. The Kier molecular flexibility index (Phi) is 4.10. The van der Waals surface area contributed by atoms with Crippen LogP contribution in [0.3, 0.4) is 0 Å². The second-order valence-corrected chi connectivity index (χ2v) is 3.72. The molecule has 1 heterocycles. The van der Waals surface area contributed by atoms with Crippen LogP contribution in [-0.2, 0) is 9.53 Å². The molecule has 0 radical (unpaired) electrons. The van der Waals surface area contributed by atoms with Crippen molar-refractivity contribution in [2.45, 2.75) is 19.9 Å². The van der Waals surface area contributed by atoms with Crippen molar-refractivity contribution in [2.75, 3.05) is 24.3 Å². The van der Waals surface area contributed by atoms with Crippen molar-refractivity contribution in [2.24, 2.45) is 0 Å². The number of nitrogens with two attached hydrogens (primary N) is 1. The second-order valence-electron chi connectivity index (χ2n) is 3.72. The molecule has 0 saturated heterocycles. The highest BCUT2D eigenvalue weighted by atomic mass is 16.5. The minimum Gasteiger partial charge on any atom is -0.468 e. The Hall–Kier alpha value is -1.78. The van der Waals surface area contributed by atoms with Crippen LogP contribution < -0.4 is 10.6 Å². The van der Waals surface area contributed by atoms with Crippen LogP contribution in [0.2, 0.25) is 0 Å². The van der Waals surface area contributed by atoms with E-state index >= 15 is 0 Å². The molecule has 0 aliphatic heterocycles. The zero-order valence-electron chi connectivity index (χ0n) is 9.80. The molecule has 5 nitrogen and oxygen atoms in total. The molecular formula is C11H17N3O2. The Bertz CT molecular complexity index is 366. The van der Waals surface area contributed by atoms with Gasteiger partial charge in [-0.3, -0.25) is 4.79 Å². The fraction of sp³-hybridized carbons (Fsp3) is 0.455. The van der Waals surface area contributed by atoms with E-state index in [4.69, 9.17) is 5.73 Å². The molecule has 1 rings (SSSR count). The number of esters is 1. The second kappa shape index (κ2) is 5.34. The quantitative estimate of drug-likeness (QED) is 0.773. The van der Waals surface area contributed by atoms with E-state index in [1.807, 2.05) is 30.9 Å². The van der Waals surface area contributed by atoms with Gasteiger partial charge in [-0.25, -0.2) is 4.98 Å². The first-order valence-corrected chi connectivity index (χ1v) is 5.10. The van der Waals surface area contributed by atoms with Crippen molar-refractivity contribution in [3.63, 3.8) is 0 Å². The Morgan fingerprint density at radius 1 is 1.56 bits per heavy atom. The van der Waals surface area contributed by atoms with Crippen LogP contribution in [0.15, 0.2) is 18.2 Å². The zero-order valence-corrected chi connectivity index (χ0v) is 9.80. The minimum atomic E-state index is -0.294. The third kappa shape index (κ3) is 3.12. The van der Waals surface area contributed by atoms with Crippen LogP contribution in [0.1, 0.15) is 13.8 Å². The van der Waals surface area contributed by atoms with Crippen molar-refractivity contribution in [1.82, 2.24) is 4.98 Å². The van der Waals surface area contributed by atoms with Crippen molar-refractivity contribution < 1.29 is 9.53 Å². The molecule has 0 unspecified atom stereocenters. The largest absolute Gasteiger partial charge is 0.468 e. The molecule has 0 fully saturated rings. The summed E-state index contributed by atoms with van der Waals surface area (Å²) in [7, 11) is 1.37. The van der Waals surface area contributed by atoms with Gasteiger partial charge < -0.3 is 15.4 Å². The average Bonchev–Trinajstić information content (AvgIpc) is 2.25. The number of carbonyl (C=O) groups excluding carboxylic acids is 1. The molecule has 5 heteroatoms. The lowest BCUT2D eigenvalue weighted by Gasteiger charge is -2.26. The molecule has 0 aliphatic rings. The van der Waals surface area contributed by atoms with Crippen molar-refractivity contribution in [3.8, 4) is 0 Å². The third-order valence-electron chi connectivity index (χ3n) is 2.20. The third-order valence-corrected chi connectivity index (χ3v) is 2.20. The summed E-state index contributed by atoms with van der Waals surface area (Å²) in [6.45, 7) is 4.13. The molecular weight excluding hydrogens is 206 g/mol. The van der Waals surface area contributed by atoms with E-state index in [1.54, 1.807) is 6.07 Å². The van der Waals surface area contributed by atoms with Gasteiger partial charge >= 0.3 is 5.97 Å². The molecule has 0 amide bonds. The minimum absolute atomic E-state index is 0.147. The maximum atomic E-state index is 11.3. The average molecular weight is 223 g/mol. The molecule has 0 atom stereocenters. The molecule has 0 bridgehead atoms. The molecule has 0 spiro atoms. The van der Waals surface area contributed by atoms with Crippen LogP contribution >= 0.6 is 0 Å². The summed E-state index contributed by atoms with van der Waals surface area (Å²) >= 11 is 0. The van der Waals surface area contributed by atoms with Gasteiger partial charge in [0.2, 0.25) is 0 Å². The monoisotopic (exact) mass is 223 g/mol. The topological polar surface area (TPSA) is 68.5 Å². The SMILES string of the molecule is COC(=O)CN(c1cccc(N)n1)C(C)C. The summed E-state index contributed by atoms with van der Waals surface area (Å²) < 4.78 is 4.64. The highest BCUT2D eigenvalue weighted by Gasteiger charge is 2.16. The number of nitrogen functional groups attached to an aromatic ring is 1. The van der Waals surface area contributed by atoms with E-state index in [0.717, 1.165) is 0 Å². The van der Waals surface area contributed by atoms with Crippen LogP contribution in [-0.4, -0.2) is 30.6 Å². The molecule has 0 saturated carbocycles. The fourth-order valence-corrected chi connectivity index (χ4v) is 1.33. The lowest BCUT2D eigenvalue weighted by molar-refractivity contribution is -0.139. The lowest BCUT2D eigenvalue weighted by Crippen LogP contribution is -2.36. The highest BCUT2D eigenvalue weighted by Crippen LogP contribution is 2.15. The number of hydrogen-bond acceptors (Lipinski definition) is 5. The molecule has 0 aliphatic carbocycles.